The van der Waals surface area contributed by atoms with Crippen molar-refractivity contribution in [3.63, 3.8) is 0 Å². The average molecular weight is 346 g/mol. The molecule has 1 heterocycles. The van der Waals surface area contributed by atoms with E-state index < -0.39 is 29.4 Å². The van der Waals surface area contributed by atoms with Crippen molar-refractivity contribution in [2.45, 2.75) is 38.7 Å². The quantitative estimate of drug-likeness (QED) is 0.648. The lowest BCUT2D eigenvalue weighted by Gasteiger charge is -2.35. The number of esters is 1. The Labute approximate surface area is 138 Å². The first-order valence-corrected chi connectivity index (χ1v) is 7.54. The van der Waals surface area contributed by atoms with Gasteiger partial charge in [0.2, 0.25) is 6.10 Å². The van der Waals surface area contributed by atoms with Crippen LogP contribution in [0.1, 0.15) is 26.3 Å². The number of carbonyl (C=O) groups is 1. The van der Waals surface area contributed by atoms with Gasteiger partial charge in [-0.2, -0.15) is 13.2 Å². The number of nitrogen functional groups attached to an aromatic ring is 1. The first kappa shape index (κ1) is 18.4. The highest BCUT2D eigenvalue weighted by Gasteiger charge is 2.38. The van der Waals surface area contributed by atoms with Crippen molar-refractivity contribution in [1.82, 2.24) is 5.32 Å². The number of benzene rings is 1. The van der Waals surface area contributed by atoms with Gasteiger partial charge in [-0.3, -0.25) is 0 Å². The Morgan fingerprint density at radius 1 is 1.25 bits per heavy atom. The highest BCUT2D eigenvalue weighted by molar-refractivity contribution is 5.76. The Bertz CT molecular complexity index is 608. The summed E-state index contributed by atoms with van der Waals surface area (Å²) in [4.78, 5) is 12.3. The molecule has 1 saturated heterocycles. The fourth-order valence-electron chi connectivity index (χ4n) is 2.22. The van der Waals surface area contributed by atoms with Crippen LogP contribution in [0.3, 0.4) is 0 Å². The van der Waals surface area contributed by atoms with Crippen LogP contribution in [0.4, 0.5) is 18.9 Å². The van der Waals surface area contributed by atoms with E-state index in [0.717, 1.165) is 12.1 Å². The van der Waals surface area contributed by atoms with Gasteiger partial charge in [-0.15, -0.1) is 0 Å². The second-order valence-corrected chi connectivity index (χ2v) is 6.78. The van der Waals surface area contributed by atoms with E-state index in [0.29, 0.717) is 13.1 Å². The van der Waals surface area contributed by atoms with E-state index in [1.54, 1.807) is 20.8 Å². The molecule has 0 spiro atoms. The van der Waals surface area contributed by atoms with Gasteiger partial charge >= 0.3 is 12.1 Å². The van der Waals surface area contributed by atoms with Gasteiger partial charge in [-0.1, -0.05) is 0 Å². The molecule has 1 aliphatic heterocycles. The fraction of sp³-hybridized carbons (Fsp3) is 0.562. The van der Waals surface area contributed by atoms with Crippen molar-refractivity contribution < 1.29 is 27.4 Å². The number of carbonyl (C=O) groups excluding carboxylic acids is 1. The van der Waals surface area contributed by atoms with Crippen molar-refractivity contribution in [3.8, 4) is 5.75 Å². The lowest BCUT2D eigenvalue weighted by Crippen LogP contribution is -2.54. The van der Waals surface area contributed by atoms with Crippen LogP contribution >= 0.6 is 0 Å². The van der Waals surface area contributed by atoms with Gasteiger partial charge in [0.25, 0.3) is 0 Å². The summed E-state index contributed by atoms with van der Waals surface area (Å²) in [5, 5.41) is 3.00. The Hall–Kier alpha value is -1.96. The molecule has 1 unspecified atom stereocenters. The predicted octanol–water partition coefficient (Wildman–Crippen LogP) is 2.60. The molecule has 0 saturated carbocycles. The van der Waals surface area contributed by atoms with Gasteiger partial charge in [0, 0.05) is 30.8 Å². The smallest absolute Gasteiger partial charge is 0.416 e. The number of nitrogens with one attached hydrogen (secondary N) is 1. The Balaban J connectivity index is 2.23. The number of hydrogen-bond donors (Lipinski definition) is 2. The maximum Gasteiger partial charge on any atom is 0.416 e. The molecule has 0 aliphatic carbocycles. The highest BCUT2D eigenvalue weighted by atomic mass is 19.4. The first-order chi connectivity index (χ1) is 11.0. The fourth-order valence-corrected chi connectivity index (χ4v) is 2.22. The van der Waals surface area contributed by atoms with E-state index in [1.807, 2.05) is 0 Å². The Kier molecular flexibility index (Phi) is 4.98. The van der Waals surface area contributed by atoms with E-state index in [4.69, 9.17) is 15.2 Å². The third-order valence-electron chi connectivity index (χ3n) is 3.40. The van der Waals surface area contributed by atoms with Gasteiger partial charge < -0.3 is 20.5 Å². The molecule has 1 aliphatic rings. The molecule has 0 aromatic heterocycles. The average Bonchev–Trinajstić information content (AvgIpc) is 2.31. The molecule has 1 aromatic rings. The van der Waals surface area contributed by atoms with Gasteiger partial charge in [0.05, 0.1) is 5.56 Å². The summed E-state index contributed by atoms with van der Waals surface area (Å²) in [6, 6.07) is 2.92. The molecule has 1 atom stereocenters. The van der Waals surface area contributed by atoms with Crippen LogP contribution < -0.4 is 15.8 Å². The third-order valence-corrected chi connectivity index (χ3v) is 3.40. The number of ether oxygens (including phenoxy) is 2. The summed E-state index contributed by atoms with van der Waals surface area (Å²) in [6.07, 6.45) is -5.54. The minimum absolute atomic E-state index is 0.0884. The lowest BCUT2D eigenvalue weighted by molar-refractivity contribution is -0.167. The van der Waals surface area contributed by atoms with Crippen molar-refractivity contribution in [2.75, 3.05) is 18.8 Å². The predicted molar refractivity (Wildman–Crippen MR) is 82.5 cm³/mol. The summed E-state index contributed by atoms with van der Waals surface area (Å²) < 4.78 is 49.5. The van der Waals surface area contributed by atoms with E-state index in [9.17, 15) is 18.0 Å². The van der Waals surface area contributed by atoms with Crippen molar-refractivity contribution in [3.05, 3.63) is 23.8 Å². The third kappa shape index (κ3) is 4.77. The van der Waals surface area contributed by atoms with Crippen LogP contribution in [0.2, 0.25) is 0 Å². The van der Waals surface area contributed by atoms with Crippen molar-refractivity contribution >= 4 is 11.7 Å². The number of anilines is 1. The zero-order chi connectivity index (χ0) is 18.1. The summed E-state index contributed by atoms with van der Waals surface area (Å²) in [7, 11) is 0. The standard InChI is InChI=1S/C16H21F3N2O3/c1-15(2,3)24-14(22)13(9-7-21-8-9)23-12-5-10(16(17,18)19)4-11(20)6-12/h4-6,9,13,21H,7-8,20H2,1-3H3. The van der Waals surface area contributed by atoms with E-state index >= 15 is 0 Å². The Morgan fingerprint density at radius 3 is 2.33 bits per heavy atom. The zero-order valence-electron chi connectivity index (χ0n) is 13.7. The second-order valence-electron chi connectivity index (χ2n) is 6.78. The summed E-state index contributed by atoms with van der Waals surface area (Å²) in [5.74, 6) is -0.884. The van der Waals surface area contributed by atoms with Gasteiger partial charge in [-0.25, -0.2) is 4.79 Å². The molecule has 1 aromatic carbocycles. The highest BCUT2D eigenvalue weighted by Crippen LogP contribution is 2.34. The Morgan fingerprint density at radius 2 is 1.88 bits per heavy atom. The van der Waals surface area contributed by atoms with E-state index in [1.165, 1.54) is 6.07 Å². The minimum atomic E-state index is -4.55. The largest absolute Gasteiger partial charge is 0.478 e. The number of halogens is 3. The molecule has 5 nitrogen and oxygen atoms in total. The normalized spacial score (nSPS) is 17.1. The van der Waals surface area contributed by atoms with Gasteiger partial charge in [-0.05, 0) is 32.9 Å². The van der Waals surface area contributed by atoms with Crippen molar-refractivity contribution in [1.29, 1.82) is 0 Å². The SMILES string of the molecule is CC(C)(C)OC(=O)C(Oc1cc(N)cc(C(F)(F)F)c1)C1CNC1. The number of rotatable bonds is 4. The van der Waals surface area contributed by atoms with Crippen LogP contribution in [0, 0.1) is 5.92 Å². The molecular formula is C16H21F3N2O3. The molecule has 0 amide bonds. The van der Waals surface area contributed by atoms with Crippen LogP contribution in [-0.4, -0.2) is 30.8 Å². The number of hydrogen-bond acceptors (Lipinski definition) is 5. The van der Waals surface area contributed by atoms with E-state index in [-0.39, 0.29) is 17.4 Å². The topological polar surface area (TPSA) is 73.6 Å². The minimum Gasteiger partial charge on any atom is -0.478 e. The molecule has 0 bridgehead atoms. The van der Waals surface area contributed by atoms with Crippen LogP contribution in [0.5, 0.6) is 5.75 Å². The molecule has 134 valence electrons. The molecule has 2 rings (SSSR count). The summed E-state index contributed by atoms with van der Waals surface area (Å²) in [5.41, 5.74) is 3.79. The molecular weight excluding hydrogens is 325 g/mol. The van der Waals surface area contributed by atoms with Crippen molar-refractivity contribution in [2.24, 2.45) is 5.92 Å². The lowest BCUT2D eigenvalue weighted by atomic mass is 9.96. The molecule has 3 N–H and O–H groups in total. The first-order valence-electron chi connectivity index (χ1n) is 7.54. The van der Waals surface area contributed by atoms with Gasteiger partial charge in [0.1, 0.15) is 11.4 Å². The molecule has 8 heteroatoms. The maximum atomic E-state index is 12.9. The summed E-state index contributed by atoms with van der Waals surface area (Å²) in [6.45, 7) is 6.19. The van der Waals surface area contributed by atoms with E-state index in [2.05, 4.69) is 5.32 Å². The van der Waals surface area contributed by atoms with Crippen LogP contribution in [0.15, 0.2) is 18.2 Å². The molecule has 24 heavy (non-hydrogen) atoms. The maximum absolute atomic E-state index is 12.9. The van der Waals surface area contributed by atoms with Gasteiger partial charge in [0.15, 0.2) is 0 Å². The molecule has 1 fully saturated rings. The monoisotopic (exact) mass is 346 g/mol. The second kappa shape index (κ2) is 6.51. The molecule has 0 radical (unpaired) electrons. The van der Waals surface area contributed by atoms with Crippen LogP contribution in [-0.2, 0) is 15.7 Å². The number of alkyl halides is 3. The number of nitrogens with two attached hydrogens (primary N) is 1. The summed E-state index contributed by atoms with van der Waals surface area (Å²) >= 11 is 0. The van der Waals surface area contributed by atoms with Crippen LogP contribution in [0.25, 0.3) is 0 Å². The zero-order valence-corrected chi connectivity index (χ0v) is 13.7.